The van der Waals surface area contributed by atoms with E-state index >= 15 is 0 Å². The van der Waals surface area contributed by atoms with Crippen molar-refractivity contribution in [2.75, 3.05) is 13.1 Å². The maximum Gasteiger partial charge on any atom is 0.250 e. The Kier molecular flexibility index (Phi) is 4.53. The van der Waals surface area contributed by atoms with E-state index in [0.29, 0.717) is 11.8 Å². The van der Waals surface area contributed by atoms with Crippen LogP contribution in [0.15, 0.2) is 47.3 Å². The predicted octanol–water partition coefficient (Wildman–Crippen LogP) is 3.04. The third-order valence-electron chi connectivity index (χ3n) is 5.48. The Morgan fingerprint density at radius 1 is 1.19 bits per heavy atom. The highest BCUT2D eigenvalue weighted by molar-refractivity contribution is 7.80. The fourth-order valence-corrected chi connectivity index (χ4v) is 4.50. The summed E-state index contributed by atoms with van der Waals surface area (Å²) in [7, 11) is 0. The first kappa shape index (κ1) is 17.2. The van der Waals surface area contributed by atoms with E-state index in [9.17, 15) is 9.18 Å². The van der Waals surface area contributed by atoms with E-state index < -0.39 is 0 Å². The molecule has 0 spiro atoms. The number of hydrogen-bond donors (Lipinski definition) is 1. The van der Waals surface area contributed by atoms with E-state index in [2.05, 4.69) is 16.3 Å². The molecule has 1 fully saturated rings. The standard InChI is InChI=1S/C20H22FN3OS/c1-13(15-5-7-17(21)8-6-15)22-20(26)23-10-14-9-16(12-23)18-3-2-4-19(25)24(18)11-14/h2-8,13-14,16H,9-12H2,1H3,(H,22,26)/t13-,14-,16+/m0/s1. The first-order chi connectivity index (χ1) is 12.5. The van der Waals surface area contributed by atoms with Crippen molar-refractivity contribution in [2.45, 2.75) is 31.8 Å². The average molecular weight is 371 g/mol. The monoisotopic (exact) mass is 371 g/mol. The van der Waals surface area contributed by atoms with Crippen LogP contribution in [0, 0.1) is 11.7 Å². The number of rotatable bonds is 2. The van der Waals surface area contributed by atoms with Crippen molar-refractivity contribution in [3.8, 4) is 0 Å². The van der Waals surface area contributed by atoms with Crippen molar-refractivity contribution >= 4 is 17.3 Å². The van der Waals surface area contributed by atoms with Gasteiger partial charge in [-0.3, -0.25) is 4.79 Å². The summed E-state index contributed by atoms with van der Waals surface area (Å²) in [5, 5.41) is 4.10. The van der Waals surface area contributed by atoms with Crippen molar-refractivity contribution < 1.29 is 4.39 Å². The molecule has 1 saturated heterocycles. The van der Waals surface area contributed by atoms with Gasteiger partial charge in [-0.15, -0.1) is 0 Å². The maximum atomic E-state index is 13.1. The van der Waals surface area contributed by atoms with E-state index in [1.807, 2.05) is 17.6 Å². The van der Waals surface area contributed by atoms with Crippen LogP contribution in [-0.4, -0.2) is 27.7 Å². The quantitative estimate of drug-likeness (QED) is 0.824. The second-order valence-corrected chi connectivity index (χ2v) is 7.71. The summed E-state index contributed by atoms with van der Waals surface area (Å²) in [4.78, 5) is 14.3. The lowest BCUT2D eigenvalue weighted by Crippen LogP contribution is -2.52. The third-order valence-corrected chi connectivity index (χ3v) is 5.85. The van der Waals surface area contributed by atoms with Crippen molar-refractivity contribution in [1.29, 1.82) is 0 Å². The van der Waals surface area contributed by atoms with Crippen molar-refractivity contribution in [1.82, 2.24) is 14.8 Å². The topological polar surface area (TPSA) is 37.3 Å². The molecular weight excluding hydrogens is 349 g/mol. The predicted molar refractivity (Wildman–Crippen MR) is 104 cm³/mol. The SMILES string of the molecule is C[C@H](NC(=S)N1C[C@@H]2C[C@H](C1)c1cccc(=O)n1C2)c1ccc(F)cc1. The number of benzene rings is 1. The summed E-state index contributed by atoms with van der Waals surface area (Å²) >= 11 is 5.65. The van der Waals surface area contributed by atoms with Crippen LogP contribution in [0.2, 0.25) is 0 Å². The van der Waals surface area contributed by atoms with Crippen LogP contribution in [0.1, 0.15) is 36.6 Å². The van der Waals surface area contributed by atoms with Crippen LogP contribution in [0.4, 0.5) is 4.39 Å². The van der Waals surface area contributed by atoms with Gasteiger partial charge in [-0.1, -0.05) is 18.2 Å². The number of nitrogens with one attached hydrogen (secondary N) is 1. The highest BCUT2D eigenvalue weighted by atomic mass is 32.1. The number of aromatic nitrogens is 1. The molecule has 3 atom stereocenters. The zero-order chi connectivity index (χ0) is 18.3. The fourth-order valence-electron chi connectivity index (χ4n) is 4.17. The molecule has 4 rings (SSSR count). The molecule has 0 saturated carbocycles. The summed E-state index contributed by atoms with van der Waals surface area (Å²) in [5.74, 6) is 0.529. The minimum Gasteiger partial charge on any atom is -0.356 e. The van der Waals surface area contributed by atoms with Crippen LogP contribution in [0.3, 0.4) is 0 Å². The van der Waals surface area contributed by atoms with Gasteiger partial charge in [-0.25, -0.2) is 4.39 Å². The first-order valence-electron chi connectivity index (χ1n) is 9.02. The van der Waals surface area contributed by atoms with Gasteiger partial charge in [0.1, 0.15) is 5.82 Å². The van der Waals surface area contributed by atoms with Crippen molar-refractivity contribution in [2.24, 2.45) is 5.92 Å². The Morgan fingerprint density at radius 3 is 2.73 bits per heavy atom. The highest BCUT2D eigenvalue weighted by Gasteiger charge is 2.35. The summed E-state index contributed by atoms with van der Waals surface area (Å²) in [6.07, 6.45) is 1.11. The lowest BCUT2D eigenvalue weighted by Gasteiger charge is -2.44. The van der Waals surface area contributed by atoms with Gasteiger partial charge in [-0.2, -0.15) is 0 Å². The van der Waals surface area contributed by atoms with E-state index in [-0.39, 0.29) is 17.4 Å². The number of fused-ring (bicyclic) bond motifs is 4. The molecule has 1 aromatic carbocycles. The van der Waals surface area contributed by atoms with Crippen molar-refractivity contribution in [3.63, 3.8) is 0 Å². The molecule has 4 nitrogen and oxygen atoms in total. The molecule has 1 N–H and O–H groups in total. The largest absolute Gasteiger partial charge is 0.356 e. The Morgan fingerprint density at radius 2 is 1.96 bits per heavy atom. The van der Waals surface area contributed by atoms with Crippen LogP contribution in [-0.2, 0) is 6.54 Å². The number of nitrogens with zero attached hydrogens (tertiary/aromatic N) is 2. The van der Waals surface area contributed by atoms with Crippen LogP contribution in [0.5, 0.6) is 0 Å². The van der Waals surface area contributed by atoms with E-state index in [0.717, 1.165) is 42.4 Å². The summed E-state index contributed by atoms with van der Waals surface area (Å²) < 4.78 is 15.0. The molecular formula is C20H22FN3OS. The van der Waals surface area contributed by atoms with E-state index in [1.54, 1.807) is 18.2 Å². The number of hydrogen-bond acceptors (Lipinski definition) is 2. The Bertz CT molecular complexity index is 879. The normalized spacial score (nSPS) is 22.5. The smallest absolute Gasteiger partial charge is 0.250 e. The Labute approximate surface area is 157 Å². The molecule has 1 aromatic heterocycles. The van der Waals surface area contributed by atoms with Gasteiger partial charge >= 0.3 is 0 Å². The van der Waals surface area contributed by atoms with Crippen LogP contribution >= 0.6 is 12.2 Å². The second kappa shape index (κ2) is 6.83. The number of pyridine rings is 1. The summed E-state index contributed by atoms with van der Waals surface area (Å²) in [6.45, 7) is 4.47. The number of halogens is 1. The number of thiocarbonyl (C=S) groups is 1. The highest BCUT2D eigenvalue weighted by Crippen LogP contribution is 2.35. The Hall–Kier alpha value is -2.21. The van der Waals surface area contributed by atoms with Gasteiger partial charge in [0.15, 0.2) is 5.11 Å². The minimum absolute atomic E-state index is 0.0137. The second-order valence-electron chi connectivity index (χ2n) is 7.33. The lowest BCUT2D eigenvalue weighted by molar-refractivity contribution is 0.176. The molecule has 0 unspecified atom stereocenters. The van der Waals surface area contributed by atoms with Crippen LogP contribution < -0.4 is 10.9 Å². The van der Waals surface area contributed by atoms with Gasteiger partial charge in [0.25, 0.3) is 5.56 Å². The zero-order valence-corrected chi connectivity index (χ0v) is 15.5. The molecule has 3 heterocycles. The molecule has 2 aliphatic rings. The van der Waals surface area contributed by atoms with Gasteiger partial charge in [-0.05, 0) is 55.2 Å². The van der Waals surface area contributed by atoms with E-state index in [1.165, 1.54) is 12.1 Å². The van der Waals surface area contributed by atoms with Crippen LogP contribution in [0.25, 0.3) is 0 Å². The lowest BCUT2D eigenvalue weighted by atomic mass is 9.83. The first-order valence-corrected chi connectivity index (χ1v) is 9.42. The fraction of sp³-hybridized carbons (Fsp3) is 0.400. The molecule has 2 aliphatic heterocycles. The van der Waals surface area contributed by atoms with Gasteiger partial charge < -0.3 is 14.8 Å². The molecule has 26 heavy (non-hydrogen) atoms. The van der Waals surface area contributed by atoms with E-state index in [4.69, 9.17) is 12.2 Å². The zero-order valence-electron chi connectivity index (χ0n) is 14.7. The average Bonchev–Trinajstić information content (AvgIpc) is 2.63. The summed E-state index contributed by atoms with van der Waals surface area (Å²) in [6, 6.07) is 12.1. The Balaban J connectivity index is 1.47. The molecule has 0 amide bonds. The molecule has 0 aliphatic carbocycles. The summed E-state index contributed by atoms with van der Waals surface area (Å²) in [5.41, 5.74) is 2.21. The van der Waals surface area contributed by atoms with Crippen molar-refractivity contribution in [3.05, 3.63) is 69.9 Å². The maximum absolute atomic E-state index is 13.1. The van der Waals surface area contributed by atoms with Gasteiger partial charge in [0.05, 0.1) is 6.04 Å². The number of likely N-dealkylation sites (tertiary alicyclic amines) is 1. The number of piperidine rings is 1. The van der Waals surface area contributed by atoms with Gasteiger partial charge in [0.2, 0.25) is 0 Å². The molecule has 136 valence electrons. The molecule has 0 radical (unpaired) electrons. The molecule has 6 heteroatoms. The molecule has 2 aromatic rings. The molecule has 2 bridgehead atoms. The third kappa shape index (κ3) is 3.26. The minimum atomic E-state index is -0.235. The van der Waals surface area contributed by atoms with Gasteiger partial charge in [0, 0.05) is 37.3 Å².